The summed E-state index contributed by atoms with van der Waals surface area (Å²) >= 11 is 0. The molecule has 0 aromatic rings. The normalized spacial score (nSPS) is 33.0. The van der Waals surface area contributed by atoms with E-state index in [-0.39, 0.29) is 5.54 Å². The number of hydrogen-bond acceptors (Lipinski definition) is 1. The molecular formula is C11H21NO2. The lowest BCUT2D eigenvalue weighted by Crippen LogP contribution is -2.48. The van der Waals surface area contributed by atoms with Crippen LogP contribution in [0, 0.1) is 11.8 Å². The molecule has 0 saturated heterocycles. The second-order valence-corrected chi connectivity index (χ2v) is 5.07. The Bertz CT molecular complexity index is 205. The highest BCUT2D eigenvalue weighted by Crippen LogP contribution is 2.35. The van der Waals surface area contributed by atoms with E-state index < -0.39 is 6.09 Å². The zero-order valence-corrected chi connectivity index (χ0v) is 9.34. The number of rotatable bonds is 2. The van der Waals surface area contributed by atoms with Crippen molar-refractivity contribution in [3.8, 4) is 0 Å². The van der Waals surface area contributed by atoms with Gasteiger partial charge in [-0.15, -0.1) is 0 Å². The largest absolute Gasteiger partial charge is 0.465 e. The molecule has 0 unspecified atom stereocenters. The Hall–Kier alpha value is -0.730. The van der Waals surface area contributed by atoms with Crippen molar-refractivity contribution in [2.24, 2.45) is 11.8 Å². The van der Waals surface area contributed by atoms with Gasteiger partial charge < -0.3 is 10.4 Å². The SMILES string of the molecule is CC(C)C1CCC(C)(NC(=O)O)CC1. The highest BCUT2D eigenvalue weighted by Gasteiger charge is 2.33. The van der Waals surface area contributed by atoms with E-state index in [9.17, 15) is 4.79 Å². The summed E-state index contributed by atoms with van der Waals surface area (Å²) in [6.07, 6.45) is 3.35. The second-order valence-electron chi connectivity index (χ2n) is 5.07. The van der Waals surface area contributed by atoms with E-state index in [2.05, 4.69) is 19.2 Å². The van der Waals surface area contributed by atoms with Crippen molar-refractivity contribution < 1.29 is 9.90 Å². The summed E-state index contributed by atoms with van der Waals surface area (Å²) in [6.45, 7) is 6.51. The smallest absolute Gasteiger partial charge is 0.405 e. The van der Waals surface area contributed by atoms with Gasteiger partial charge in [-0.25, -0.2) is 4.79 Å². The molecule has 14 heavy (non-hydrogen) atoms. The molecule has 0 atom stereocenters. The molecule has 0 heterocycles. The van der Waals surface area contributed by atoms with Gasteiger partial charge in [0.15, 0.2) is 0 Å². The summed E-state index contributed by atoms with van der Waals surface area (Å²) in [6, 6.07) is 0. The van der Waals surface area contributed by atoms with Gasteiger partial charge in [-0.1, -0.05) is 13.8 Å². The quantitative estimate of drug-likeness (QED) is 0.718. The molecule has 82 valence electrons. The first kappa shape index (κ1) is 11.3. The molecule has 1 aliphatic carbocycles. The van der Waals surface area contributed by atoms with Crippen molar-refractivity contribution in [1.29, 1.82) is 0 Å². The van der Waals surface area contributed by atoms with Crippen LogP contribution in [0.2, 0.25) is 0 Å². The summed E-state index contributed by atoms with van der Waals surface area (Å²) < 4.78 is 0. The topological polar surface area (TPSA) is 49.3 Å². The van der Waals surface area contributed by atoms with Crippen LogP contribution in [0.25, 0.3) is 0 Å². The van der Waals surface area contributed by atoms with Gasteiger partial charge in [0.1, 0.15) is 0 Å². The maximum Gasteiger partial charge on any atom is 0.405 e. The Morgan fingerprint density at radius 1 is 1.43 bits per heavy atom. The molecular weight excluding hydrogens is 178 g/mol. The molecule has 1 saturated carbocycles. The molecule has 1 rings (SSSR count). The Labute approximate surface area is 85.9 Å². The number of carbonyl (C=O) groups is 1. The molecule has 1 fully saturated rings. The van der Waals surface area contributed by atoms with Crippen LogP contribution in [0.5, 0.6) is 0 Å². The fourth-order valence-electron chi connectivity index (χ4n) is 2.33. The summed E-state index contributed by atoms with van der Waals surface area (Å²) in [5.74, 6) is 1.50. The average molecular weight is 199 g/mol. The predicted octanol–water partition coefficient (Wildman–Crippen LogP) is 2.86. The van der Waals surface area contributed by atoms with Gasteiger partial charge in [-0.05, 0) is 44.4 Å². The van der Waals surface area contributed by atoms with Crippen LogP contribution in [-0.4, -0.2) is 16.7 Å². The summed E-state index contributed by atoms with van der Waals surface area (Å²) in [7, 11) is 0. The van der Waals surface area contributed by atoms with E-state index >= 15 is 0 Å². The summed E-state index contributed by atoms with van der Waals surface area (Å²) in [5.41, 5.74) is -0.183. The van der Waals surface area contributed by atoms with Gasteiger partial charge in [0, 0.05) is 5.54 Å². The first-order valence-electron chi connectivity index (χ1n) is 5.44. The molecule has 1 amide bonds. The fraction of sp³-hybridized carbons (Fsp3) is 0.909. The second kappa shape index (κ2) is 4.20. The molecule has 0 aromatic heterocycles. The van der Waals surface area contributed by atoms with Crippen molar-refractivity contribution in [2.75, 3.05) is 0 Å². The third-order valence-electron chi connectivity index (χ3n) is 3.49. The van der Waals surface area contributed by atoms with E-state index in [1.165, 1.54) is 0 Å². The van der Waals surface area contributed by atoms with Gasteiger partial charge in [0.05, 0.1) is 0 Å². The van der Waals surface area contributed by atoms with Crippen LogP contribution in [0.1, 0.15) is 46.5 Å². The van der Waals surface area contributed by atoms with E-state index in [1.54, 1.807) is 0 Å². The van der Waals surface area contributed by atoms with E-state index in [0.29, 0.717) is 0 Å². The van der Waals surface area contributed by atoms with Crippen LogP contribution >= 0.6 is 0 Å². The molecule has 0 aliphatic heterocycles. The van der Waals surface area contributed by atoms with Crippen LogP contribution in [0.3, 0.4) is 0 Å². The van der Waals surface area contributed by atoms with E-state index in [4.69, 9.17) is 5.11 Å². The molecule has 0 aromatic carbocycles. The highest BCUT2D eigenvalue weighted by molar-refractivity contribution is 5.65. The minimum atomic E-state index is -0.893. The number of hydrogen-bond donors (Lipinski definition) is 2. The maximum atomic E-state index is 10.6. The maximum absolute atomic E-state index is 10.6. The third-order valence-corrected chi connectivity index (χ3v) is 3.49. The average Bonchev–Trinajstić information content (AvgIpc) is 2.02. The van der Waals surface area contributed by atoms with Crippen LogP contribution in [-0.2, 0) is 0 Å². The third kappa shape index (κ3) is 2.89. The number of amides is 1. The van der Waals surface area contributed by atoms with Crippen LogP contribution in [0.4, 0.5) is 4.79 Å². The Kier molecular flexibility index (Phi) is 3.40. The monoisotopic (exact) mass is 199 g/mol. The Morgan fingerprint density at radius 2 is 1.93 bits per heavy atom. The fourth-order valence-corrected chi connectivity index (χ4v) is 2.33. The van der Waals surface area contributed by atoms with E-state index in [0.717, 1.165) is 37.5 Å². The minimum Gasteiger partial charge on any atom is -0.465 e. The molecule has 2 N–H and O–H groups in total. The van der Waals surface area contributed by atoms with Crippen molar-refractivity contribution in [3.63, 3.8) is 0 Å². The summed E-state index contributed by atoms with van der Waals surface area (Å²) in [4.78, 5) is 10.6. The van der Waals surface area contributed by atoms with Crippen molar-refractivity contribution >= 4 is 6.09 Å². The Morgan fingerprint density at radius 3 is 2.29 bits per heavy atom. The van der Waals surface area contributed by atoms with Gasteiger partial charge in [-0.2, -0.15) is 0 Å². The molecule has 0 spiro atoms. The first-order chi connectivity index (χ1) is 6.43. The van der Waals surface area contributed by atoms with Gasteiger partial charge >= 0.3 is 6.09 Å². The van der Waals surface area contributed by atoms with Crippen molar-refractivity contribution in [3.05, 3.63) is 0 Å². The standard InChI is InChI=1S/C11H21NO2/c1-8(2)9-4-6-11(3,7-5-9)12-10(13)14/h8-9,12H,4-7H2,1-3H3,(H,13,14). The van der Waals surface area contributed by atoms with Gasteiger partial charge in [0.2, 0.25) is 0 Å². The predicted molar refractivity (Wildman–Crippen MR) is 56.4 cm³/mol. The first-order valence-corrected chi connectivity index (χ1v) is 5.44. The van der Waals surface area contributed by atoms with Crippen LogP contribution < -0.4 is 5.32 Å². The van der Waals surface area contributed by atoms with Gasteiger partial charge in [0.25, 0.3) is 0 Å². The number of carboxylic acid groups (broad SMARTS) is 1. The lowest BCUT2D eigenvalue weighted by Gasteiger charge is -2.38. The zero-order valence-electron chi connectivity index (χ0n) is 9.34. The van der Waals surface area contributed by atoms with Crippen molar-refractivity contribution in [1.82, 2.24) is 5.32 Å². The molecule has 3 nitrogen and oxygen atoms in total. The lowest BCUT2D eigenvalue weighted by molar-refractivity contribution is 0.147. The van der Waals surface area contributed by atoms with Crippen molar-refractivity contribution in [2.45, 2.75) is 52.0 Å². The molecule has 3 heteroatoms. The molecule has 1 aliphatic rings. The lowest BCUT2D eigenvalue weighted by atomic mass is 9.74. The Balaban J connectivity index is 2.44. The zero-order chi connectivity index (χ0) is 10.8. The van der Waals surface area contributed by atoms with E-state index in [1.807, 2.05) is 6.92 Å². The number of nitrogens with one attached hydrogen (secondary N) is 1. The molecule has 0 radical (unpaired) electrons. The summed E-state index contributed by atoms with van der Waals surface area (Å²) in [5, 5.41) is 11.3. The molecule has 0 bridgehead atoms. The minimum absolute atomic E-state index is 0.183. The highest BCUT2D eigenvalue weighted by atomic mass is 16.4. The van der Waals surface area contributed by atoms with Crippen LogP contribution in [0.15, 0.2) is 0 Å². The van der Waals surface area contributed by atoms with Gasteiger partial charge in [-0.3, -0.25) is 0 Å².